The summed E-state index contributed by atoms with van der Waals surface area (Å²) in [6.07, 6.45) is 0.686. The van der Waals surface area contributed by atoms with Gasteiger partial charge in [-0.25, -0.2) is 9.18 Å². The number of carbonyl (C=O) groups excluding carboxylic acids is 1. The highest BCUT2D eigenvalue weighted by atomic mass is 19.1. The summed E-state index contributed by atoms with van der Waals surface area (Å²) in [7, 11) is 0. The number of carbonyl (C=O) groups is 1. The Hall–Kier alpha value is -3.52. The first-order chi connectivity index (χ1) is 16.0. The van der Waals surface area contributed by atoms with Gasteiger partial charge in [0.15, 0.2) is 0 Å². The molecule has 2 aromatic carbocycles. The Bertz CT molecular complexity index is 1140. The SMILES string of the molecule is CCOCCCN1C(=O)NC(c2ccc(F)cc2)C(c2nc(-c3ccc(C)cc3)no2)=C1C. The van der Waals surface area contributed by atoms with Gasteiger partial charge in [0.1, 0.15) is 5.82 Å². The summed E-state index contributed by atoms with van der Waals surface area (Å²) in [5.74, 6) is 0.426. The highest BCUT2D eigenvalue weighted by Gasteiger charge is 2.35. The zero-order chi connectivity index (χ0) is 23.4. The van der Waals surface area contributed by atoms with E-state index in [9.17, 15) is 9.18 Å². The molecule has 172 valence electrons. The van der Waals surface area contributed by atoms with Gasteiger partial charge in [0.25, 0.3) is 5.89 Å². The van der Waals surface area contributed by atoms with Crippen LogP contribution in [0.4, 0.5) is 9.18 Å². The van der Waals surface area contributed by atoms with Gasteiger partial charge in [-0.15, -0.1) is 0 Å². The highest BCUT2D eigenvalue weighted by Crippen LogP contribution is 2.37. The lowest BCUT2D eigenvalue weighted by atomic mass is 9.94. The first-order valence-electron chi connectivity index (χ1n) is 11.0. The van der Waals surface area contributed by atoms with E-state index in [4.69, 9.17) is 9.26 Å². The summed E-state index contributed by atoms with van der Waals surface area (Å²) in [6, 6.07) is 13.1. The zero-order valence-electron chi connectivity index (χ0n) is 19.0. The second-order valence-corrected chi connectivity index (χ2v) is 7.92. The molecule has 1 aliphatic rings. The van der Waals surface area contributed by atoms with Gasteiger partial charge in [0.05, 0.1) is 11.6 Å². The second-order valence-electron chi connectivity index (χ2n) is 7.92. The average molecular weight is 451 g/mol. The molecule has 1 aromatic heterocycles. The third-order valence-electron chi connectivity index (χ3n) is 5.64. The van der Waals surface area contributed by atoms with Crippen LogP contribution < -0.4 is 5.32 Å². The topological polar surface area (TPSA) is 80.5 Å². The van der Waals surface area contributed by atoms with Crippen LogP contribution in [-0.4, -0.2) is 40.8 Å². The van der Waals surface area contributed by atoms with Gasteiger partial charge in [0.2, 0.25) is 5.82 Å². The van der Waals surface area contributed by atoms with Crippen molar-refractivity contribution in [2.75, 3.05) is 19.8 Å². The number of nitrogens with zero attached hydrogens (tertiary/aromatic N) is 3. The average Bonchev–Trinajstić information content (AvgIpc) is 3.29. The Labute approximate surface area is 192 Å². The van der Waals surface area contributed by atoms with Gasteiger partial charge in [-0.1, -0.05) is 47.1 Å². The van der Waals surface area contributed by atoms with Crippen LogP contribution in [0.15, 0.2) is 58.8 Å². The molecular weight excluding hydrogens is 423 g/mol. The molecule has 0 bridgehead atoms. The van der Waals surface area contributed by atoms with Gasteiger partial charge >= 0.3 is 6.03 Å². The minimum absolute atomic E-state index is 0.236. The van der Waals surface area contributed by atoms with Crippen molar-refractivity contribution >= 4 is 11.6 Å². The van der Waals surface area contributed by atoms with E-state index in [1.165, 1.54) is 12.1 Å². The van der Waals surface area contributed by atoms with Crippen molar-refractivity contribution in [2.24, 2.45) is 0 Å². The van der Waals surface area contributed by atoms with Gasteiger partial charge in [-0.2, -0.15) is 4.98 Å². The minimum atomic E-state index is -0.549. The summed E-state index contributed by atoms with van der Waals surface area (Å²) in [5.41, 5.74) is 4.09. The van der Waals surface area contributed by atoms with Gasteiger partial charge in [-0.05, 0) is 44.9 Å². The molecule has 1 N–H and O–H groups in total. The molecule has 1 unspecified atom stereocenters. The molecule has 1 aliphatic heterocycles. The fourth-order valence-corrected chi connectivity index (χ4v) is 3.85. The Morgan fingerprint density at radius 1 is 1.12 bits per heavy atom. The number of urea groups is 1. The van der Waals surface area contributed by atoms with Gasteiger partial charge in [0, 0.05) is 31.0 Å². The van der Waals surface area contributed by atoms with Crippen molar-refractivity contribution in [1.29, 1.82) is 0 Å². The number of allylic oxidation sites excluding steroid dienone is 1. The molecule has 0 spiro atoms. The lowest BCUT2D eigenvalue weighted by molar-refractivity contribution is 0.136. The predicted molar refractivity (Wildman–Crippen MR) is 123 cm³/mol. The molecule has 0 aliphatic carbocycles. The fourth-order valence-electron chi connectivity index (χ4n) is 3.85. The lowest BCUT2D eigenvalue weighted by Gasteiger charge is -2.35. The van der Waals surface area contributed by atoms with E-state index in [2.05, 4.69) is 15.5 Å². The van der Waals surface area contributed by atoms with Crippen LogP contribution in [0.2, 0.25) is 0 Å². The third-order valence-corrected chi connectivity index (χ3v) is 5.64. The maximum Gasteiger partial charge on any atom is 0.322 e. The summed E-state index contributed by atoms with van der Waals surface area (Å²) >= 11 is 0. The summed E-state index contributed by atoms with van der Waals surface area (Å²) in [6.45, 7) is 7.48. The number of hydrogen-bond donors (Lipinski definition) is 1. The van der Waals surface area contributed by atoms with Crippen LogP contribution in [0.3, 0.4) is 0 Å². The number of nitrogens with one attached hydrogen (secondary N) is 1. The molecule has 33 heavy (non-hydrogen) atoms. The van der Waals surface area contributed by atoms with Crippen LogP contribution >= 0.6 is 0 Å². The van der Waals surface area contributed by atoms with Crippen molar-refractivity contribution in [1.82, 2.24) is 20.4 Å². The zero-order valence-corrected chi connectivity index (χ0v) is 19.0. The van der Waals surface area contributed by atoms with E-state index in [0.717, 1.165) is 16.7 Å². The number of benzene rings is 2. The monoisotopic (exact) mass is 450 g/mol. The van der Waals surface area contributed by atoms with E-state index in [-0.39, 0.29) is 11.8 Å². The number of rotatable bonds is 8. The van der Waals surface area contributed by atoms with E-state index in [0.29, 0.717) is 49.2 Å². The number of halogens is 1. The molecule has 8 heteroatoms. The van der Waals surface area contributed by atoms with Crippen LogP contribution in [0.5, 0.6) is 0 Å². The largest absolute Gasteiger partial charge is 0.382 e. The number of aryl methyl sites for hydroxylation is 1. The molecule has 2 amide bonds. The maximum atomic E-state index is 13.6. The van der Waals surface area contributed by atoms with Crippen molar-refractivity contribution in [2.45, 2.75) is 33.2 Å². The first-order valence-corrected chi connectivity index (χ1v) is 11.0. The number of aromatic nitrogens is 2. The van der Waals surface area contributed by atoms with Gasteiger partial charge in [-0.3, -0.25) is 4.90 Å². The van der Waals surface area contributed by atoms with Crippen molar-refractivity contribution in [3.8, 4) is 11.4 Å². The Kier molecular flexibility index (Phi) is 6.84. The lowest BCUT2D eigenvalue weighted by Crippen LogP contribution is -2.46. The fraction of sp³-hybridized carbons (Fsp3) is 0.320. The third kappa shape index (κ3) is 4.96. The smallest absolute Gasteiger partial charge is 0.322 e. The molecule has 2 heterocycles. The van der Waals surface area contributed by atoms with E-state index < -0.39 is 6.04 Å². The molecule has 0 fully saturated rings. The van der Waals surface area contributed by atoms with E-state index >= 15 is 0 Å². The number of amides is 2. The molecule has 0 saturated carbocycles. The maximum absolute atomic E-state index is 13.6. The summed E-state index contributed by atoms with van der Waals surface area (Å²) in [4.78, 5) is 19.2. The number of hydrogen-bond acceptors (Lipinski definition) is 5. The number of ether oxygens (including phenoxy) is 1. The van der Waals surface area contributed by atoms with Crippen LogP contribution in [0.1, 0.15) is 43.3 Å². The van der Waals surface area contributed by atoms with Crippen molar-refractivity contribution in [3.05, 3.63) is 77.1 Å². The minimum Gasteiger partial charge on any atom is -0.382 e. The Morgan fingerprint density at radius 2 is 1.85 bits per heavy atom. The molecule has 0 radical (unpaired) electrons. The highest BCUT2D eigenvalue weighted by molar-refractivity contribution is 5.86. The van der Waals surface area contributed by atoms with Crippen LogP contribution in [0.25, 0.3) is 17.0 Å². The quantitative estimate of drug-likeness (QED) is 0.483. The first kappa shape index (κ1) is 22.7. The summed E-state index contributed by atoms with van der Waals surface area (Å²) < 4.78 is 24.6. The molecule has 1 atom stereocenters. The molecule has 0 saturated heterocycles. The van der Waals surface area contributed by atoms with Gasteiger partial charge < -0.3 is 14.6 Å². The second kappa shape index (κ2) is 9.95. The molecule has 7 nitrogen and oxygen atoms in total. The molecule has 4 rings (SSSR count). The predicted octanol–water partition coefficient (Wildman–Crippen LogP) is 5.11. The molecular formula is C25H27FN4O3. The van der Waals surface area contributed by atoms with E-state index in [1.807, 2.05) is 45.0 Å². The van der Waals surface area contributed by atoms with Crippen molar-refractivity contribution < 1.29 is 18.4 Å². The standard InChI is InChI=1S/C25H27FN4O3/c1-4-32-15-5-14-30-17(3)21(22(27-25(30)31)18-10-12-20(26)13-11-18)24-28-23(29-33-24)19-8-6-16(2)7-9-19/h6-13,22H,4-5,14-15H2,1-3H3,(H,27,31). The Balaban J connectivity index is 1.73. The van der Waals surface area contributed by atoms with Crippen molar-refractivity contribution in [3.63, 3.8) is 0 Å². The van der Waals surface area contributed by atoms with Crippen LogP contribution in [0, 0.1) is 12.7 Å². The van der Waals surface area contributed by atoms with Crippen LogP contribution in [-0.2, 0) is 4.74 Å². The summed E-state index contributed by atoms with van der Waals surface area (Å²) in [5, 5.41) is 7.18. The molecule has 3 aromatic rings. The Morgan fingerprint density at radius 3 is 2.55 bits per heavy atom. The normalized spacial score (nSPS) is 16.3. The van der Waals surface area contributed by atoms with E-state index in [1.54, 1.807) is 17.0 Å².